The Labute approximate surface area is 151 Å². The number of likely N-dealkylation sites (N-methyl/N-ethyl adjacent to an activating group) is 2. The Hall–Kier alpha value is -0.597. The number of nitrogens with zero attached hydrogens (tertiary/aromatic N) is 2. The van der Waals surface area contributed by atoms with E-state index < -0.39 is 24.1 Å². The molecular weight excluding hydrogens is 358 g/mol. The zero-order valence-corrected chi connectivity index (χ0v) is 18.2. The smallest absolute Gasteiger partial charge is 0.306 e. The zero-order chi connectivity index (χ0) is 18.1. The molecule has 0 saturated carbocycles. The molecule has 23 heavy (non-hydrogen) atoms. The average Bonchev–Trinajstić information content (AvgIpc) is 2.07. The van der Waals surface area contributed by atoms with Crippen LogP contribution in [-0.4, -0.2) is 109 Å². The fourth-order valence-electron chi connectivity index (χ4n) is 1.80. The summed E-state index contributed by atoms with van der Waals surface area (Å²) in [5.74, 6) is -1.91. The van der Waals surface area contributed by atoms with Crippen LogP contribution in [-0.2, 0) is 29.1 Å². The van der Waals surface area contributed by atoms with E-state index in [1.54, 1.807) is 0 Å². The number of hydrogen-bond acceptors (Lipinski definition) is 4. The van der Waals surface area contributed by atoms with Crippen LogP contribution < -0.4 is 0 Å². The van der Waals surface area contributed by atoms with Crippen LogP contribution in [0.25, 0.3) is 0 Å². The molecule has 0 rings (SSSR count). The first-order valence-corrected chi connectivity index (χ1v) is 7.03. The van der Waals surface area contributed by atoms with Crippen molar-refractivity contribution in [2.45, 2.75) is 25.0 Å². The van der Waals surface area contributed by atoms with Gasteiger partial charge in [0.05, 0.1) is 55.1 Å². The summed E-state index contributed by atoms with van der Waals surface area (Å²) in [5, 5.41) is 34.9. The van der Waals surface area contributed by atoms with E-state index in [0.717, 1.165) is 0 Å². The molecule has 0 aromatic carbocycles. The van der Waals surface area contributed by atoms with Gasteiger partial charge in [0.15, 0.2) is 0 Å². The van der Waals surface area contributed by atoms with E-state index in [1.807, 2.05) is 42.3 Å². The van der Waals surface area contributed by atoms with Gasteiger partial charge in [-0.05, 0) is 0 Å². The fraction of sp³-hybridized carbons (Fsp3) is 0.857. The molecule has 0 aliphatic rings. The predicted octanol–water partition coefficient (Wildman–Crippen LogP) is -0.946. The van der Waals surface area contributed by atoms with E-state index >= 15 is 0 Å². The van der Waals surface area contributed by atoms with Gasteiger partial charge < -0.3 is 29.4 Å². The summed E-state index contributed by atoms with van der Waals surface area (Å²) in [5.41, 5.74) is 0. The minimum absolute atomic E-state index is 0. The Morgan fingerprint density at radius 1 is 0.739 bits per heavy atom. The number of quaternary nitrogens is 2. The van der Waals surface area contributed by atoms with Crippen LogP contribution in [0.4, 0.5) is 0 Å². The molecule has 2 atom stereocenters. The Bertz CT molecular complexity index is 318. The normalized spacial score (nSPS) is 13.9. The van der Waals surface area contributed by atoms with Gasteiger partial charge in [0.25, 0.3) is 0 Å². The summed E-state index contributed by atoms with van der Waals surface area (Å²) < 4.78 is 1.16. The van der Waals surface area contributed by atoms with E-state index in [0.29, 0.717) is 22.1 Å². The van der Waals surface area contributed by atoms with E-state index in [9.17, 15) is 9.59 Å². The number of rotatable bonds is 8. The van der Waals surface area contributed by atoms with Crippen molar-refractivity contribution in [3.8, 4) is 0 Å². The van der Waals surface area contributed by atoms with Gasteiger partial charge in [0, 0.05) is 19.5 Å². The number of aliphatic carboxylic acids is 2. The molecule has 9 heteroatoms. The van der Waals surface area contributed by atoms with Crippen LogP contribution in [0.15, 0.2) is 0 Å². The molecule has 2 unspecified atom stereocenters. The molecule has 0 amide bonds. The van der Waals surface area contributed by atoms with Crippen molar-refractivity contribution in [1.82, 2.24) is 0 Å². The second kappa shape index (κ2) is 11.9. The topological polar surface area (TPSA) is 115 Å². The SMILES string of the molecule is C[N+](C)(C)CC(O)CC(=O)O.C[N+](C)(C)CC(O)CC(=O)O.[Zn]. The van der Waals surface area contributed by atoms with Gasteiger partial charge in [-0.2, -0.15) is 0 Å². The summed E-state index contributed by atoms with van der Waals surface area (Å²) in [7, 11) is 11.4. The zero-order valence-electron chi connectivity index (χ0n) is 15.2. The van der Waals surface area contributed by atoms with Crippen molar-refractivity contribution in [2.75, 3.05) is 55.4 Å². The Balaban J connectivity index is -0.000000333. The number of hydrogen-bond donors (Lipinski definition) is 4. The van der Waals surface area contributed by atoms with Crippen LogP contribution in [0, 0.1) is 0 Å². The molecule has 134 valence electrons. The molecule has 0 bridgehead atoms. The molecule has 0 spiro atoms. The molecule has 0 heterocycles. The van der Waals surface area contributed by atoms with E-state index in [-0.39, 0.29) is 32.3 Å². The van der Waals surface area contributed by atoms with Gasteiger partial charge in [-0.1, -0.05) is 0 Å². The van der Waals surface area contributed by atoms with E-state index in [1.165, 1.54) is 0 Å². The van der Waals surface area contributed by atoms with Gasteiger partial charge in [-0.25, -0.2) is 0 Å². The maximum Gasteiger partial charge on any atom is 0.306 e. The summed E-state index contributed by atoms with van der Waals surface area (Å²) in [6, 6.07) is 0. The summed E-state index contributed by atoms with van der Waals surface area (Å²) in [4.78, 5) is 20.3. The number of aliphatic hydroxyl groups is 2. The van der Waals surface area contributed by atoms with Crippen molar-refractivity contribution in [1.29, 1.82) is 0 Å². The second-order valence-electron chi connectivity index (χ2n) is 7.45. The van der Waals surface area contributed by atoms with Gasteiger partial charge >= 0.3 is 11.9 Å². The third-order valence-corrected chi connectivity index (χ3v) is 2.34. The first-order chi connectivity index (χ1) is 9.62. The van der Waals surface area contributed by atoms with Crippen molar-refractivity contribution >= 4 is 11.9 Å². The quantitative estimate of drug-likeness (QED) is 0.314. The standard InChI is InChI=1S/2C7H15NO3.Zn/c2*1-8(2,3)5-6(9)4-7(10)11;/h2*6,9H,4-5H2,1-3H3;/p+2. The van der Waals surface area contributed by atoms with Crippen molar-refractivity contribution in [3.05, 3.63) is 0 Å². The number of carboxylic acids is 2. The molecule has 0 radical (unpaired) electrons. The monoisotopic (exact) mass is 388 g/mol. The first-order valence-electron chi connectivity index (χ1n) is 7.03. The molecular formula is C14H32N2O6Zn+2. The maximum absolute atomic E-state index is 10.1. The largest absolute Gasteiger partial charge is 0.481 e. The summed E-state index contributed by atoms with van der Waals surface area (Å²) in [6.45, 7) is 0.929. The van der Waals surface area contributed by atoms with Crippen molar-refractivity contribution < 1.29 is 58.5 Å². The molecule has 0 saturated heterocycles. The van der Waals surface area contributed by atoms with Crippen LogP contribution >= 0.6 is 0 Å². The van der Waals surface area contributed by atoms with Crippen LogP contribution in [0.2, 0.25) is 0 Å². The van der Waals surface area contributed by atoms with Crippen LogP contribution in [0.1, 0.15) is 12.8 Å². The fourth-order valence-corrected chi connectivity index (χ4v) is 1.80. The van der Waals surface area contributed by atoms with Crippen LogP contribution in [0.3, 0.4) is 0 Å². The predicted molar refractivity (Wildman–Crippen MR) is 82.3 cm³/mol. The molecule has 0 aromatic rings. The van der Waals surface area contributed by atoms with E-state index in [2.05, 4.69) is 0 Å². The van der Waals surface area contributed by atoms with Crippen molar-refractivity contribution in [3.63, 3.8) is 0 Å². The molecule has 4 N–H and O–H groups in total. The number of carbonyl (C=O) groups is 2. The van der Waals surface area contributed by atoms with Gasteiger partial charge in [0.2, 0.25) is 0 Å². The molecule has 8 nitrogen and oxygen atoms in total. The minimum atomic E-state index is -0.953. The van der Waals surface area contributed by atoms with Crippen LogP contribution in [0.5, 0.6) is 0 Å². The maximum atomic E-state index is 10.1. The molecule has 0 aliphatic carbocycles. The van der Waals surface area contributed by atoms with E-state index in [4.69, 9.17) is 20.4 Å². The Morgan fingerprint density at radius 3 is 1.09 bits per heavy atom. The summed E-state index contributed by atoms with van der Waals surface area (Å²) in [6.07, 6.45) is -1.83. The molecule has 0 fully saturated rings. The second-order valence-corrected chi connectivity index (χ2v) is 7.45. The average molecular weight is 390 g/mol. The first kappa shape index (κ1) is 27.3. The number of aliphatic hydroxyl groups excluding tert-OH is 2. The van der Waals surface area contributed by atoms with Gasteiger partial charge in [-0.3, -0.25) is 9.59 Å². The third-order valence-electron chi connectivity index (χ3n) is 2.34. The van der Waals surface area contributed by atoms with Crippen molar-refractivity contribution in [2.24, 2.45) is 0 Å². The minimum Gasteiger partial charge on any atom is -0.481 e. The molecule has 0 aliphatic heterocycles. The third kappa shape index (κ3) is 26.6. The number of carboxylic acid groups (broad SMARTS) is 2. The summed E-state index contributed by atoms with van der Waals surface area (Å²) >= 11 is 0. The van der Waals surface area contributed by atoms with Gasteiger partial charge in [0.1, 0.15) is 25.3 Å². The Kier molecular flexibility index (Phi) is 14.1. The Morgan fingerprint density at radius 2 is 0.957 bits per heavy atom. The molecule has 0 aromatic heterocycles. The van der Waals surface area contributed by atoms with Gasteiger partial charge in [-0.15, -0.1) is 0 Å².